The number of rotatable bonds is 6. The van der Waals surface area contributed by atoms with Crippen LogP contribution in [0.1, 0.15) is 10.4 Å². The second-order valence-corrected chi connectivity index (χ2v) is 6.33. The number of amides is 1. The van der Waals surface area contributed by atoms with Crippen molar-refractivity contribution >= 4 is 28.7 Å². The van der Waals surface area contributed by atoms with E-state index in [1.807, 2.05) is 50.5 Å². The number of carbonyl (C=O) groups excluding carboxylic acids is 1. The molecule has 0 saturated heterocycles. The summed E-state index contributed by atoms with van der Waals surface area (Å²) in [7, 11) is 5.63. The van der Waals surface area contributed by atoms with Crippen molar-refractivity contribution in [2.75, 3.05) is 36.7 Å². The number of hydrogen-bond donors (Lipinski definition) is 2. The van der Waals surface area contributed by atoms with E-state index in [4.69, 9.17) is 4.74 Å². The maximum absolute atomic E-state index is 12.3. The van der Waals surface area contributed by atoms with Crippen LogP contribution in [0.5, 0.6) is 5.75 Å². The van der Waals surface area contributed by atoms with Gasteiger partial charge in [-0.1, -0.05) is 0 Å². The van der Waals surface area contributed by atoms with Gasteiger partial charge in [-0.05, 0) is 72.8 Å². The zero-order valence-corrected chi connectivity index (χ0v) is 15.7. The molecule has 0 atom stereocenters. The molecule has 0 unspecified atom stereocenters. The van der Waals surface area contributed by atoms with Crippen LogP contribution in [-0.2, 0) is 0 Å². The molecule has 27 heavy (non-hydrogen) atoms. The number of ether oxygens (including phenoxy) is 1. The summed E-state index contributed by atoms with van der Waals surface area (Å²) in [6, 6.07) is 22.8. The Hall–Kier alpha value is -3.47. The third kappa shape index (κ3) is 4.79. The first kappa shape index (κ1) is 18.3. The van der Waals surface area contributed by atoms with Crippen LogP contribution in [0.3, 0.4) is 0 Å². The summed E-state index contributed by atoms with van der Waals surface area (Å²) in [5.74, 6) is 0.568. The summed E-state index contributed by atoms with van der Waals surface area (Å²) in [6.45, 7) is 0. The Labute approximate surface area is 159 Å². The molecule has 5 heteroatoms. The van der Waals surface area contributed by atoms with Crippen molar-refractivity contribution in [1.82, 2.24) is 0 Å². The molecule has 0 saturated carbocycles. The number of benzene rings is 3. The highest BCUT2D eigenvalue weighted by Crippen LogP contribution is 2.22. The minimum Gasteiger partial charge on any atom is -0.497 e. The second kappa shape index (κ2) is 8.27. The molecule has 3 aromatic carbocycles. The fourth-order valence-corrected chi connectivity index (χ4v) is 2.59. The van der Waals surface area contributed by atoms with Crippen molar-refractivity contribution in [2.45, 2.75) is 0 Å². The Bertz CT molecular complexity index is 886. The van der Waals surface area contributed by atoms with Crippen LogP contribution in [-0.4, -0.2) is 27.1 Å². The molecular formula is C22H23N3O2. The lowest BCUT2D eigenvalue weighted by molar-refractivity contribution is 0.102. The molecule has 0 aliphatic carbocycles. The first-order valence-electron chi connectivity index (χ1n) is 8.65. The van der Waals surface area contributed by atoms with E-state index in [0.717, 1.165) is 28.5 Å². The fourth-order valence-electron chi connectivity index (χ4n) is 2.59. The summed E-state index contributed by atoms with van der Waals surface area (Å²) < 4.78 is 5.11. The zero-order valence-electron chi connectivity index (χ0n) is 15.7. The van der Waals surface area contributed by atoms with Crippen LogP contribution < -0.4 is 20.3 Å². The second-order valence-electron chi connectivity index (χ2n) is 6.33. The first-order valence-corrected chi connectivity index (χ1v) is 8.65. The van der Waals surface area contributed by atoms with Gasteiger partial charge in [0, 0.05) is 42.4 Å². The zero-order chi connectivity index (χ0) is 19.2. The van der Waals surface area contributed by atoms with Crippen molar-refractivity contribution in [1.29, 1.82) is 0 Å². The third-order valence-electron chi connectivity index (χ3n) is 4.17. The molecule has 0 aliphatic rings. The molecule has 0 heterocycles. The lowest BCUT2D eigenvalue weighted by Gasteiger charge is -2.13. The van der Waals surface area contributed by atoms with E-state index in [9.17, 15) is 4.79 Å². The Morgan fingerprint density at radius 3 is 1.81 bits per heavy atom. The number of hydrogen-bond acceptors (Lipinski definition) is 4. The lowest BCUT2D eigenvalue weighted by Crippen LogP contribution is -2.11. The Morgan fingerprint density at radius 2 is 1.30 bits per heavy atom. The van der Waals surface area contributed by atoms with E-state index in [1.165, 1.54) is 0 Å². The monoisotopic (exact) mass is 361 g/mol. The van der Waals surface area contributed by atoms with Crippen molar-refractivity contribution in [3.63, 3.8) is 0 Å². The van der Waals surface area contributed by atoms with E-state index in [0.29, 0.717) is 5.56 Å². The molecule has 138 valence electrons. The minimum atomic E-state index is -0.155. The average molecular weight is 361 g/mol. The van der Waals surface area contributed by atoms with Gasteiger partial charge in [0.25, 0.3) is 5.91 Å². The molecule has 2 N–H and O–H groups in total. The molecule has 3 aromatic rings. The number of anilines is 4. The topological polar surface area (TPSA) is 53.6 Å². The fraction of sp³-hybridized carbons (Fsp3) is 0.136. The Morgan fingerprint density at radius 1 is 0.778 bits per heavy atom. The van der Waals surface area contributed by atoms with Crippen LogP contribution in [0, 0.1) is 0 Å². The molecular weight excluding hydrogens is 338 g/mol. The molecule has 0 aromatic heterocycles. The summed E-state index contributed by atoms with van der Waals surface area (Å²) in [5, 5.41) is 6.24. The Kier molecular flexibility index (Phi) is 5.61. The standard InChI is InChI=1S/C22H23N3O2/c1-25(2)20-12-10-18(11-13-20)23-17-6-8-19(9-7-17)24-22(26)16-4-14-21(27-3)15-5-16/h4-15,23H,1-3H3,(H,24,26). The van der Waals surface area contributed by atoms with Gasteiger partial charge >= 0.3 is 0 Å². The summed E-state index contributed by atoms with van der Waals surface area (Å²) >= 11 is 0. The minimum absolute atomic E-state index is 0.155. The van der Waals surface area contributed by atoms with E-state index in [2.05, 4.69) is 27.7 Å². The van der Waals surface area contributed by atoms with E-state index in [-0.39, 0.29) is 5.91 Å². The van der Waals surface area contributed by atoms with Gasteiger partial charge in [0.05, 0.1) is 7.11 Å². The molecule has 0 aliphatic heterocycles. The summed E-state index contributed by atoms with van der Waals surface area (Å²) in [4.78, 5) is 14.4. The quantitative estimate of drug-likeness (QED) is 0.665. The number of nitrogens with one attached hydrogen (secondary N) is 2. The predicted octanol–water partition coefficient (Wildman–Crippen LogP) is 4.76. The van der Waals surface area contributed by atoms with Crippen molar-refractivity contribution < 1.29 is 9.53 Å². The maximum atomic E-state index is 12.3. The van der Waals surface area contributed by atoms with Gasteiger partial charge < -0.3 is 20.3 Å². The van der Waals surface area contributed by atoms with Gasteiger partial charge in [0.2, 0.25) is 0 Å². The van der Waals surface area contributed by atoms with E-state index >= 15 is 0 Å². The van der Waals surface area contributed by atoms with Gasteiger partial charge in [0.1, 0.15) is 5.75 Å². The van der Waals surface area contributed by atoms with Gasteiger partial charge in [-0.25, -0.2) is 0 Å². The normalized spacial score (nSPS) is 10.2. The smallest absolute Gasteiger partial charge is 0.255 e. The van der Waals surface area contributed by atoms with E-state index in [1.54, 1.807) is 31.4 Å². The molecule has 1 amide bonds. The van der Waals surface area contributed by atoms with Crippen LogP contribution >= 0.6 is 0 Å². The third-order valence-corrected chi connectivity index (χ3v) is 4.17. The van der Waals surface area contributed by atoms with Crippen molar-refractivity contribution in [3.8, 4) is 5.75 Å². The highest BCUT2D eigenvalue weighted by molar-refractivity contribution is 6.04. The predicted molar refractivity (Wildman–Crippen MR) is 111 cm³/mol. The van der Waals surface area contributed by atoms with Crippen LogP contribution in [0.4, 0.5) is 22.7 Å². The molecule has 0 spiro atoms. The van der Waals surface area contributed by atoms with Gasteiger partial charge in [0.15, 0.2) is 0 Å². The van der Waals surface area contributed by atoms with Gasteiger partial charge in [-0.2, -0.15) is 0 Å². The summed E-state index contributed by atoms with van der Waals surface area (Å²) in [6.07, 6.45) is 0. The van der Waals surface area contributed by atoms with Crippen LogP contribution in [0.25, 0.3) is 0 Å². The number of methoxy groups -OCH3 is 1. The maximum Gasteiger partial charge on any atom is 0.255 e. The highest BCUT2D eigenvalue weighted by atomic mass is 16.5. The summed E-state index contributed by atoms with van der Waals surface area (Å²) in [5.41, 5.74) is 4.44. The van der Waals surface area contributed by atoms with Crippen LogP contribution in [0.2, 0.25) is 0 Å². The molecule has 3 rings (SSSR count). The van der Waals surface area contributed by atoms with Gasteiger partial charge in [-0.15, -0.1) is 0 Å². The van der Waals surface area contributed by atoms with Crippen molar-refractivity contribution in [3.05, 3.63) is 78.4 Å². The number of carbonyl (C=O) groups is 1. The van der Waals surface area contributed by atoms with Crippen LogP contribution in [0.15, 0.2) is 72.8 Å². The lowest BCUT2D eigenvalue weighted by atomic mass is 10.2. The highest BCUT2D eigenvalue weighted by Gasteiger charge is 2.06. The average Bonchev–Trinajstić information content (AvgIpc) is 2.70. The number of nitrogens with zero attached hydrogens (tertiary/aromatic N) is 1. The molecule has 0 fully saturated rings. The van der Waals surface area contributed by atoms with E-state index < -0.39 is 0 Å². The first-order chi connectivity index (χ1) is 13.0. The van der Waals surface area contributed by atoms with Crippen molar-refractivity contribution in [2.24, 2.45) is 0 Å². The molecule has 0 radical (unpaired) electrons. The van der Waals surface area contributed by atoms with Gasteiger partial charge in [-0.3, -0.25) is 4.79 Å². The Balaban J connectivity index is 1.61. The SMILES string of the molecule is COc1ccc(C(=O)Nc2ccc(Nc3ccc(N(C)C)cc3)cc2)cc1. The molecule has 0 bridgehead atoms. The largest absolute Gasteiger partial charge is 0.497 e. The molecule has 5 nitrogen and oxygen atoms in total.